The first-order chi connectivity index (χ1) is 16.4. The Morgan fingerprint density at radius 3 is 2.69 bits per heavy atom. The van der Waals surface area contributed by atoms with Crippen LogP contribution in [0.15, 0.2) is 24.8 Å². The number of rotatable bonds is 6. The lowest BCUT2D eigenvalue weighted by Gasteiger charge is -2.46. The third-order valence-corrected chi connectivity index (χ3v) is 7.00. The summed E-state index contributed by atoms with van der Waals surface area (Å²) in [5.41, 5.74) is 2.92. The largest absolute Gasteiger partial charge is 0.361 e. The molecule has 2 unspecified atom stereocenters. The van der Waals surface area contributed by atoms with Gasteiger partial charge < -0.3 is 20.1 Å². The van der Waals surface area contributed by atoms with Crippen LogP contribution in [0.25, 0.3) is 10.9 Å². The molecule has 10 heteroatoms. The van der Waals surface area contributed by atoms with E-state index in [-0.39, 0.29) is 29.3 Å². The van der Waals surface area contributed by atoms with E-state index < -0.39 is 0 Å². The van der Waals surface area contributed by atoms with Crippen molar-refractivity contribution < 1.29 is 9.59 Å². The third kappa shape index (κ3) is 4.52. The summed E-state index contributed by atoms with van der Waals surface area (Å²) < 4.78 is 1.79. The van der Waals surface area contributed by atoms with E-state index in [9.17, 15) is 9.59 Å². The van der Waals surface area contributed by atoms with Crippen LogP contribution in [0, 0.1) is 6.92 Å². The van der Waals surface area contributed by atoms with E-state index in [1.165, 1.54) is 6.08 Å². The summed E-state index contributed by atoms with van der Waals surface area (Å²) in [6.07, 6.45) is 1.29. The van der Waals surface area contributed by atoms with Crippen molar-refractivity contribution in [3.8, 4) is 0 Å². The number of nitrogens with one attached hydrogen (secondary N) is 3. The van der Waals surface area contributed by atoms with Gasteiger partial charge in [0.1, 0.15) is 11.5 Å². The molecule has 3 aromatic rings. The Hall–Kier alpha value is -3.33. The fourth-order valence-electron chi connectivity index (χ4n) is 4.50. The highest BCUT2D eigenvalue weighted by atomic mass is 35.5. The average Bonchev–Trinajstić information content (AvgIpc) is 3.31. The zero-order valence-corrected chi connectivity index (χ0v) is 21.7. The average molecular weight is 498 g/mol. The number of halogens is 1. The maximum Gasteiger partial charge on any atom is 0.270 e. The van der Waals surface area contributed by atoms with Gasteiger partial charge in [-0.05, 0) is 43.0 Å². The molecule has 0 saturated carbocycles. The second-order valence-corrected chi connectivity index (χ2v) is 10.5. The van der Waals surface area contributed by atoms with Crippen LogP contribution in [0.1, 0.15) is 55.3 Å². The molecule has 3 N–H and O–H groups in total. The molecular formula is C25H32ClN7O2. The highest BCUT2D eigenvalue weighted by Crippen LogP contribution is 2.34. The molecule has 1 saturated heterocycles. The number of carbonyl (C=O) groups excluding carboxylic acids is 2. The van der Waals surface area contributed by atoms with Crippen molar-refractivity contribution in [2.45, 2.75) is 58.7 Å². The maximum absolute atomic E-state index is 13.0. The number of aromatic amines is 1. The zero-order valence-electron chi connectivity index (χ0n) is 21.0. The summed E-state index contributed by atoms with van der Waals surface area (Å²) in [6, 6.07) is 3.76. The summed E-state index contributed by atoms with van der Waals surface area (Å²) in [6.45, 7) is 14.5. The molecule has 1 fully saturated rings. The van der Waals surface area contributed by atoms with Gasteiger partial charge >= 0.3 is 0 Å². The molecule has 0 aliphatic carbocycles. The van der Waals surface area contributed by atoms with Gasteiger partial charge in [-0.2, -0.15) is 5.10 Å². The van der Waals surface area contributed by atoms with Crippen LogP contribution < -0.4 is 10.6 Å². The van der Waals surface area contributed by atoms with Crippen molar-refractivity contribution in [1.82, 2.24) is 30.0 Å². The molecule has 3 heterocycles. The van der Waals surface area contributed by atoms with Crippen molar-refractivity contribution in [2.24, 2.45) is 7.05 Å². The maximum atomic E-state index is 13.0. The smallest absolute Gasteiger partial charge is 0.270 e. The van der Waals surface area contributed by atoms with Gasteiger partial charge in [-0.25, -0.2) is 4.98 Å². The molecule has 9 nitrogen and oxygen atoms in total. The minimum atomic E-state index is -0.207. The van der Waals surface area contributed by atoms with Gasteiger partial charge in [-0.15, -0.1) is 0 Å². The third-order valence-electron chi connectivity index (χ3n) is 6.69. The lowest BCUT2D eigenvalue weighted by molar-refractivity contribution is -0.134. The Kier molecular flexibility index (Phi) is 6.40. The first-order valence-electron chi connectivity index (χ1n) is 11.6. The summed E-state index contributed by atoms with van der Waals surface area (Å²) >= 11 is 6.49. The molecule has 35 heavy (non-hydrogen) atoms. The molecule has 2 atom stereocenters. The van der Waals surface area contributed by atoms with Crippen LogP contribution in [0.4, 0.5) is 5.82 Å². The second kappa shape index (κ2) is 9.03. The summed E-state index contributed by atoms with van der Waals surface area (Å²) in [4.78, 5) is 31.1. The molecular weight excluding hydrogens is 466 g/mol. The van der Waals surface area contributed by atoms with Gasteiger partial charge in [0.15, 0.2) is 5.82 Å². The number of amides is 2. The highest BCUT2D eigenvalue weighted by Gasteiger charge is 2.39. The molecule has 0 spiro atoms. The Labute approximate surface area is 209 Å². The lowest BCUT2D eigenvalue weighted by Crippen LogP contribution is -2.66. The van der Waals surface area contributed by atoms with Crippen molar-refractivity contribution >= 4 is 40.1 Å². The van der Waals surface area contributed by atoms with Crippen LogP contribution in [0.2, 0.25) is 5.02 Å². The molecule has 1 aliphatic rings. The summed E-state index contributed by atoms with van der Waals surface area (Å²) in [5.74, 6) is 1.07. The van der Waals surface area contributed by atoms with Gasteiger partial charge in [0, 0.05) is 24.0 Å². The molecule has 1 aromatic carbocycles. The number of H-pyrrole nitrogens is 1. The molecule has 0 bridgehead atoms. The molecule has 2 aromatic heterocycles. The van der Waals surface area contributed by atoms with E-state index in [2.05, 4.69) is 59.2 Å². The second-order valence-electron chi connectivity index (χ2n) is 10.1. The fraction of sp³-hybridized carbons (Fsp3) is 0.440. The van der Waals surface area contributed by atoms with Crippen molar-refractivity contribution in [3.63, 3.8) is 0 Å². The number of fused-ring (bicyclic) bond motifs is 1. The number of carbonyl (C=O) groups is 2. The lowest BCUT2D eigenvalue weighted by atomic mass is 9.86. The van der Waals surface area contributed by atoms with Crippen molar-refractivity contribution in [3.05, 3.63) is 52.6 Å². The Balaban J connectivity index is 1.48. The van der Waals surface area contributed by atoms with Crippen LogP contribution in [0.3, 0.4) is 0 Å². The van der Waals surface area contributed by atoms with E-state index in [4.69, 9.17) is 11.6 Å². The van der Waals surface area contributed by atoms with Gasteiger partial charge in [0.05, 0.1) is 29.8 Å². The molecule has 1 aliphatic heterocycles. The van der Waals surface area contributed by atoms with Crippen molar-refractivity contribution in [2.75, 3.05) is 11.9 Å². The van der Waals surface area contributed by atoms with E-state index >= 15 is 0 Å². The van der Waals surface area contributed by atoms with Gasteiger partial charge in [0.2, 0.25) is 5.91 Å². The number of hydrogen-bond donors (Lipinski definition) is 3. The van der Waals surface area contributed by atoms with E-state index in [0.29, 0.717) is 41.1 Å². The Bertz CT molecular complexity index is 1320. The minimum absolute atomic E-state index is 0.0847. The highest BCUT2D eigenvalue weighted by molar-refractivity contribution is 6.32. The van der Waals surface area contributed by atoms with Gasteiger partial charge in [0.25, 0.3) is 5.91 Å². The van der Waals surface area contributed by atoms with Crippen molar-refractivity contribution in [1.29, 1.82) is 0 Å². The predicted octanol–water partition coefficient (Wildman–Crippen LogP) is 3.68. The molecule has 2 amide bonds. The topological polar surface area (TPSA) is 108 Å². The van der Waals surface area contributed by atoms with Crippen LogP contribution >= 0.6 is 11.6 Å². The normalized spacial score (nSPS) is 17.9. The summed E-state index contributed by atoms with van der Waals surface area (Å²) in [7, 11) is 1.82. The Morgan fingerprint density at radius 2 is 2.06 bits per heavy atom. The first kappa shape index (κ1) is 24.8. The number of hydrogen-bond acceptors (Lipinski definition) is 5. The number of imidazole rings is 1. The number of benzene rings is 1. The van der Waals surface area contributed by atoms with Crippen LogP contribution in [-0.4, -0.2) is 55.1 Å². The van der Waals surface area contributed by atoms with Crippen LogP contribution in [0.5, 0.6) is 0 Å². The first-order valence-corrected chi connectivity index (χ1v) is 12.0. The quantitative estimate of drug-likeness (QED) is 0.450. The van der Waals surface area contributed by atoms with Crippen LogP contribution in [-0.2, 0) is 23.8 Å². The van der Waals surface area contributed by atoms with E-state index in [1.807, 2.05) is 27.0 Å². The summed E-state index contributed by atoms with van der Waals surface area (Å²) in [5, 5.41) is 15.5. The number of aromatic nitrogens is 4. The van der Waals surface area contributed by atoms with Gasteiger partial charge in [-0.1, -0.05) is 39.0 Å². The number of likely N-dealkylation sites (tertiary alicyclic amines) is 1. The fourth-order valence-corrected chi connectivity index (χ4v) is 4.95. The number of aryl methyl sites for hydroxylation is 1. The predicted molar refractivity (Wildman–Crippen MR) is 138 cm³/mol. The molecule has 0 radical (unpaired) electrons. The minimum Gasteiger partial charge on any atom is -0.361 e. The molecule has 186 valence electrons. The molecule has 4 rings (SSSR count). The van der Waals surface area contributed by atoms with E-state index in [1.54, 1.807) is 9.47 Å². The monoisotopic (exact) mass is 497 g/mol. The number of nitrogens with zero attached hydrogens (tertiary/aromatic N) is 4. The zero-order chi connectivity index (χ0) is 25.7. The van der Waals surface area contributed by atoms with Gasteiger partial charge in [-0.3, -0.25) is 14.7 Å². The Morgan fingerprint density at radius 1 is 1.34 bits per heavy atom. The van der Waals surface area contributed by atoms with E-state index in [0.717, 1.165) is 16.5 Å². The SMILES string of the molecule is C=CC(=O)N1CC(NC(=O)c2c(C)nc(CNc3n[nH]c4cc(Cl)c(C(C)(C)C)cc34)n2C)C1C. The standard InChI is InChI=1S/C25H32ClN7O2/c1-8-21(34)33-12-19(14(33)3)29-24(35)22-13(2)28-20(32(22)7)11-27-23-15-9-16(25(4,5)6)17(26)10-18(15)30-31-23/h8-10,14,19H,1,11-12H2,2-7H3,(H,29,35)(H2,27,30,31). The number of anilines is 1.